The molecule has 0 spiro atoms. The lowest BCUT2D eigenvalue weighted by Crippen LogP contribution is -2.10. The van der Waals surface area contributed by atoms with Crippen molar-refractivity contribution in [3.8, 4) is 0 Å². The standard InChI is InChI=1S/C8H9ClN2O/c9-3-1-2-6-4-7(10)8(12)11-5-6/h1-2,4-5H,3,10H2,(H,11,12). The molecule has 0 radical (unpaired) electrons. The van der Waals surface area contributed by atoms with Gasteiger partial charge in [0, 0.05) is 12.1 Å². The van der Waals surface area contributed by atoms with Crippen molar-refractivity contribution in [2.75, 3.05) is 11.6 Å². The number of halogens is 1. The van der Waals surface area contributed by atoms with Gasteiger partial charge in [-0.15, -0.1) is 11.6 Å². The molecule has 0 saturated carbocycles. The predicted octanol–water partition coefficient (Wildman–Crippen LogP) is 1.21. The van der Waals surface area contributed by atoms with Crippen LogP contribution in [0.1, 0.15) is 5.56 Å². The highest BCUT2D eigenvalue weighted by Gasteiger charge is 1.92. The average molecular weight is 185 g/mol. The van der Waals surface area contributed by atoms with E-state index in [1.165, 1.54) is 0 Å². The number of hydrogen-bond acceptors (Lipinski definition) is 2. The van der Waals surface area contributed by atoms with Crippen LogP contribution in [0.4, 0.5) is 5.69 Å². The van der Waals surface area contributed by atoms with E-state index >= 15 is 0 Å². The third-order valence-corrected chi connectivity index (χ3v) is 1.53. The summed E-state index contributed by atoms with van der Waals surface area (Å²) in [5, 5.41) is 0. The van der Waals surface area contributed by atoms with Crippen molar-refractivity contribution in [3.63, 3.8) is 0 Å². The van der Waals surface area contributed by atoms with Gasteiger partial charge in [-0.25, -0.2) is 0 Å². The minimum atomic E-state index is -0.266. The minimum Gasteiger partial charge on any atom is -0.394 e. The van der Waals surface area contributed by atoms with Crippen LogP contribution < -0.4 is 11.3 Å². The number of H-pyrrole nitrogens is 1. The van der Waals surface area contributed by atoms with Gasteiger partial charge in [-0.05, 0) is 11.6 Å². The molecule has 0 bridgehead atoms. The third-order valence-electron chi connectivity index (χ3n) is 1.35. The fourth-order valence-corrected chi connectivity index (χ4v) is 0.885. The summed E-state index contributed by atoms with van der Waals surface area (Å²) in [5.74, 6) is 0.443. The van der Waals surface area contributed by atoms with Gasteiger partial charge in [-0.2, -0.15) is 0 Å². The monoisotopic (exact) mass is 184 g/mol. The number of aromatic nitrogens is 1. The fraction of sp³-hybridized carbons (Fsp3) is 0.125. The van der Waals surface area contributed by atoms with E-state index in [4.69, 9.17) is 17.3 Å². The number of alkyl halides is 1. The molecule has 0 aliphatic rings. The highest BCUT2D eigenvalue weighted by atomic mass is 35.5. The average Bonchev–Trinajstić information content (AvgIpc) is 2.07. The van der Waals surface area contributed by atoms with E-state index in [1.807, 2.05) is 0 Å². The maximum atomic E-state index is 10.8. The van der Waals surface area contributed by atoms with Crippen molar-refractivity contribution in [2.24, 2.45) is 0 Å². The SMILES string of the molecule is Nc1cc(C=CCCl)c[nH]c1=O. The first-order valence-corrected chi connectivity index (χ1v) is 3.98. The largest absolute Gasteiger partial charge is 0.394 e. The summed E-state index contributed by atoms with van der Waals surface area (Å²) in [6, 6.07) is 1.60. The van der Waals surface area contributed by atoms with Crippen LogP contribution in [0.25, 0.3) is 6.08 Å². The number of rotatable bonds is 2. The third kappa shape index (κ3) is 2.13. The molecule has 4 heteroatoms. The molecule has 0 aliphatic carbocycles. The van der Waals surface area contributed by atoms with Crippen molar-refractivity contribution in [1.29, 1.82) is 0 Å². The number of nitrogen functional groups attached to an aromatic ring is 1. The second-order valence-corrected chi connectivity index (χ2v) is 2.58. The zero-order chi connectivity index (χ0) is 8.97. The van der Waals surface area contributed by atoms with Crippen LogP contribution in [0.3, 0.4) is 0 Å². The van der Waals surface area contributed by atoms with E-state index < -0.39 is 0 Å². The number of aromatic amines is 1. The summed E-state index contributed by atoms with van der Waals surface area (Å²) in [6.45, 7) is 0. The van der Waals surface area contributed by atoms with Gasteiger partial charge in [-0.1, -0.05) is 12.2 Å². The number of allylic oxidation sites excluding steroid dienone is 1. The molecule has 0 amide bonds. The second-order valence-electron chi connectivity index (χ2n) is 2.27. The molecule has 0 unspecified atom stereocenters. The van der Waals surface area contributed by atoms with Crippen molar-refractivity contribution in [3.05, 3.63) is 34.3 Å². The van der Waals surface area contributed by atoms with E-state index in [2.05, 4.69) is 4.98 Å². The molecule has 0 atom stereocenters. The Kier molecular flexibility index (Phi) is 2.94. The van der Waals surface area contributed by atoms with Gasteiger partial charge in [0.1, 0.15) is 0 Å². The smallest absolute Gasteiger partial charge is 0.271 e. The molecule has 3 N–H and O–H groups in total. The summed E-state index contributed by atoms with van der Waals surface area (Å²) in [6.07, 6.45) is 5.15. The Bertz CT molecular complexity index is 343. The number of nitrogens with two attached hydrogens (primary N) is 1. The Morgan fingerprint density at radius 1 is 1.67 bits per heavy atom. The van der Waals surface area contributed by atoms with Crippen molar-refractivity contribution >= 4 is 23.4 Å². The fourth-order valence-electron chi connectivity index (χ4n) is 0.796. The van der Waals surface area contributed by atoms with E-state index in [-0.39, 0.29) is 11.2 Å². The van der Waals surface area contributed by atoms with E-state index in [0.717, 1.165) is 5.56 Å². The minimum absolute atomic E-state index is 0.215. The topological polar surface area (TPSA) is 58.9 Å². The first kappa shape index (κ1) is 8.87. The number of hydrogen-bond donors (Lipinski definition) is 2. The number of pyridine rings is 1. The van der Waals surface area contributed by atoms with Gasteiger partial charge in [-0.3, -0.25) is 4.79 Å². The van der Waals surface area contributed by atoms with Gasteiger partial charge < -0.3 is 10.7 Å². The molecule has 12 heavy (non-hydrogen) atoms. The van der Waals surface area contributed by atoms with Crippen molar-refractivity contribution < 1.29 is 0 Å². The van der Waals surface area contributed by atoms with Crippen LogP contribution in [0, 0.1) is 0 Å². The molecule has 1 heterocycles. The summed E-state index contributed by atoms with van der Waals surface area (Å²) in [5.41, 5.74) is 6.17. The molecule has 0 aliphatic heterocycles. The summed E-state index contributed by atoms with van der Waals surface area (Å²) >= 11 is 5.43. The molecular formula is C8H9ClN2O. The summed E-state index contributed by atoms with van der Waals surface area (Å²) < 4.78 is 0. The Balaban J connectivity index is 2.97. The molecule has 64 valence electrons. The molecule has 0 fully saturated rings. The van der Waals surface area contributed by atoms with Gasteiger partial charge in [0.15, 0.2) is 0 Å². The van der Waals surface area contributed by atoms with Crippen LogP contribution in [-0.2, 0) is 0 Å². The van der Waals surface area contributed by atoms with Crippen LogP contribution in [-0.4, -0.2) is 10.9 Å². The molecule has 0 saturated heterocycles. The summed E-state index contributed by atoms with van der Waals surface area (Å²) in [4.78, 5) is 13.3. The Morgan fingerprint density at radius 2 is 2.42 bits per heavy atom. The Morgan fingerprint density at radius 3 is 3.00 bits per heavy atom. The van der Waals surface area contributed by atoms with E-state index in [1.54, 1.807) is 24.4 Å². The van der Waals surface area contributed by atoms with E-state index in [0.29, 0.717) is 5.88 Å². The number of nitrogens with one attached hydrogen (secondary N) is 1. The van der Waals surface area contributed by atoms with Crippen LogP contribution in [0.5, 0.6) is 0 Å². The lowest BCUT2D eigenvalue weighted by molar-refractivity contribution is 1.24. The van der Waals surface area contributed by atoms with Gasteiger partial charge in [0.05, 0.1) is 5.69 Å². The van der Waals surface area contributed by atoms with Crippen molar-refractivity contribution in [2.45, 2.75) is 0 Å². The van der Waals surface area contributed by atoms with Gasteiger partial charge in [0.2, 0.25) is 0 Å². The van der Waals surface area contributed by atoms with Gasteiger partial charge >= 0.3 is 0 Å². The van der Waals surface area contributed by atoms with Crippen molar-refractivity contribution in [1.82, 2.24) is 4.98 Å². The molecule has 1 rings (SSSR count). The quantitative estimate of drug-likeness (QED) is 0.679. The van der Waals surface area contributed by atoms with Crippen LogP contribution >= 0.6 is 11.6 Å². The zero-order valence-corrected chi connectivity index (χ0v) is 7.14. The molecule has 0 aromatic carbocycles. The highest BCUT2D eigenvalue weighted by molar-refractivity contribution is 6.19. The highest BCUT2D eigenvalue weighted by Crippen LogP contribution is 2.01. The molecule has 3 nitrogen and oxygen atoms in total. The normalized spacial score (nSPS) is 10.8. The lowest BCUT2D eigenvalue weighted by Gasteiger charge is -1.93. The van der Waals surface area contributed by atoms with Crippen LogP contribution in [0.2, 0.25) is 0 Å². The second kappa shape index (κ2) is 3.97. The zero-order valence-electron chi connectivity index (χ0n) is 6.38. The predicted molar refractivity (Wildman–Crippen MR) is 51.2 cm³/mol. The lowest BCUT2D eigenvalue weighted by atomic mass is 10.2. The molecular weight excluding hydrogens is 176 g/mol. The first-order chi connectivity index (χ1) is 5.74. The first-order valence-electron chi connectivity index (χ1n) is 3.45. The summed E-state index contributed by atoms with van der Waals surface area (Å²) in [7, 11) is 0. The molecule has 1 aromatic heterocycles. The van der Waals surface area contributed by atoms with Gasteiger partial charge in [0.25, 0.3) is 5.56 Å². The molecule has 1 aromatic rings. The maximum absolute atomic E-state index is 10.8. The maximum Gasteiger partial charge on any atom is 0.271 e. The van der Waals surface area contributed by atoms with Crippen LogP contribution in [0.15, 0.2) is 23.1 Å². The Hall–Kier alpha value is -1.22. The number of anilines is 1. The Labute approximate surface area is 74.9 Å². The van der Waals surface area contributed by atoms with E-state index in [9.17, 15) is 4.79 Å².